The smallest absolute Gasteiger partial charge is 0.316 e. The number of rotatable bonds is 4. The fourth-order valence-electron chi connectivity index (χ4n) is 1.26. The summed E-state index contributed by atoms with van der Waals surface area (Å²) in [5, 5.41) is 2.44. The van der Waals surface area contributed by atoms with Crippen LogP contribution in [-0.4, -0.2) is 34.5 Å². The summed E-state index contributed by atoms with van der Waals surface area (Å²) in [4.78, 5) is 23.2. The molecule has 1 N–H and O–H groups in total. The van der Waals surface area contributed by atoms with E-state index < -0.39 is 0 Å². The molecule has 2 aromatic rings. The van der Waals surface area contributed by atoms with Crippen LogP contribution in [-0.2, 0) is 4.79 Å². The van der Waals surface area contributed by atoms with Crippen LogP contribution in [0.5, 0.6) is 6.01 Å². The summed E-state index contributed by atoms with van der Waals surface area (Å²) in [6.07, 6.45) is 4.91. The Hall–Kier alpha value is -2.50. The average molecular weight is 244 g/mol. The Morgan fingerprint density at radius 3 is 2.67 bits per heavy atom. The van der Waals surface area contributed by atoms with E-state index in [2.05, 4.69) is 20.3 Å². The molecule has 6 heteroatoms. The Kier molecular flexibility index (Phi) is 3.80. The number of amides is 1. The molecule has 0 aliphatic heterocycles. The van der Waals surface area contributed by atoms with Crippen LogP contribution in [0.1, 0.15) is 0 Å². The lowest BCUT2D eigenvalue weighted by atomic mass is 10.2. The predicted molar refractivity (Wildman–Crippen MR) is 64.8 cm³/mol. The van der Waals surface area contributed by atoms with E-state index in [1.54, 1.807) is 18.6 Å². The summed E-state index contributed by atoms with van der Waals surface area (Å²) in [5.41, 5.74) is 1.58. The van der Waals surface area contributed by atoms with Crippen LogP contribution in [0, 0.1) is 0 Å². The number of nitrogens with zero attached hydrogens (tertiary/aromatic N) is 3. The van der Waals surface area contributed by atoms with Gasteiger partial charge in [-0.05, 0) is 12.1 Å². The monoisotopic (exact) mass is 244 g/mol. The third kappa shape index (κ3) is 3.00. The van der Waals surface area contributed by atoms with E-state index in [9.17, 15) is 4.79 Å². The van der Waals surface area contributed by atoms with E-state index in [1.807, 2.05) is 18.2 Å². The van der Waals surface area contributed by atoms with Gasteiger partial charge in [-0.25, -0.2) is 9.97 Å². The lowest BCUT2D eigenvalue weighted by molar-refractivity contribution is -0.122. The fraction of sp³-hybridized carbons (Fsp3) is 0.167. The second-order valence-electron chi connectivity index (χ2n) is 3.43. The van der Waals surface area contributed by atoms with Crippen molar-refractivity contribution in [2.45, 2.75) is 0 Å². The zero-order valence-corrected chi connectivity index (χ0v) is 9.83. The van der Waals surface area contributed by atoms with E-state index in [-0.39, 0.29) is 18.5 Å². The minimum atomic E-state index is -0.229. The third-order valence-electron chi connectivity index (χ3n) is 2.20. The fourth-order valence-corrected chi connectivity index (χ4v) is 1.26. The highest BCUT2D eigenvalue weighted by atomic mass is 16.5. The first-order valence-corrected chi connectivity index (χ1v) is 5.36. The number of ether oxygens (including phenoxy) is 1. The average Bonchev–Trinajstić information content (AvgIpc) is 2.46. The molecule has 2 heterocycles. The molecular formula is C12H12N4O2. The van der Waals surface area contributed by atoms with E-state index in [0.29, 0.717) is 0 Å². The Morgan fingerprint density at radius 1 is 1.28 bits per heavy atom. The topological polar surface area (TPSA) is 77.0 Å². The highest BCUT2D eigenvalue weighted by Crippen LogP contribution is 2.14. The lowest BCUT2D eigenvalue weighted by Crippen LogP contribution is -2.25. The van der Waals surface area contributed by atoms with Gasteiger partial charge in [0.25, 0.3) is 5.91 Å². The van der Waals surface area contributed by atoms with E-state index in [1.165, 1.54) is 7.05 Å². The summed E-state index contributed by atoms with van der Waals surface area (Å²) in [6, 6.07) is 5.76. The Labute approximate surface area is 104 Å². The summed E-state index contributed by atoms with van der Waals surface area (Å²) >= 11 is 0. The Morgan fingerprint density at radius 2 is 2.06 bits per heavy atom. The van der Waals surface area contributed by atoms with Gasteiger partial charge < -0.3 is 10.1 Å². The second kappa shape index (κ2) is 5.72. The van der Waals surface area contributed by atoms with Crippen molar-refractivity contribution in [3.8, 4) is 17.3 Å². The number of aromatic nitrogens is 3. The number of pyridine rings is 1. The van der Waals surface area contributed by atoms with E-state index >= 15 is 0 Å². The Bertz CT molecular complexity index is 513. The maximum absolute atomic E-state index is 11.0. The molecule has 0 fully saturated rings. The number of hydrogen-bond acceptors (Lipinski definition) is 5. The molecule has 6 nitrogen and oxygen atoms in total. The van der Waals surface area contributed by atoms with Gasteiger partial charge in [-0.2, -0.15) is 0 Å². The normalized spacial score (nSPS) is 9.83. The van der Waals surface area contributed by atoms with Crippen LogP contribution in [0.15, 0.2) is 36.8 Å². The molecule has 0 spiro atoms. The van der Waals surface area contributed by atoms with Crippen molar-refractivity contribution in [3.63, 3.8) is 0 Å². The molecule has 0 aliphatic rings. The van der Waals surface area contributed by atoms with E-state index in [4.69, 9.17) is 4.74 Å². The van der Waals surface area contributed by atoms with Gasteiger partial charge in [-0.1, -0.05) is 6.07 Å². The zero-order valence-electron chi connectivity index (χ0n) is 9.83. The van der Waals surface area contributed by atoms with Gasteiger partial charge in [0.05, 0.1) is 5.69 Å². The molecule has 0 saturated carbocycles. The molecule has 2 aromatic heterocycles. The molecule has 0 aliphatic carbocycles. The highest BCUT2D eigenvalue weighted by Gasteiger charge is 2.04. The van der Waals surface area contributed by atoms with Crippen molar-refractivity contribution >= 4 is 5.91 Å². The van der Waals surface area contributed by atoms with Crippen molar-refractivity contribution in [1.82, 2.24) is 20.3 Å². The van der Waals surface area contributed by atoms with Gasteiger partial charge in [-0.3, -0.25) is 9.78 Å². The standard InChI is InChI=1S/C12H12N4O2/c1-13-11(17)8-18-12-15-6-9(7-16-12)10-4-2-3-5-14-10/h2-7H,8H2,1H3,(H,13,17). The largest absolute Gasteiger partial charge is 0.453 e. The summed E-state index contributed by atoms with van der Waals surface area (Å²) in [6.45, 7) is -0.0978. The first-order chi connectivity index (χ1) is 8.79. The Balaban J connectivity index is 2.04. The van der Waals surface area contributed by atoms with Crippen LogP contribution in [0.25, 0.3) is 11.3 Å². The van der Waals surface area contributed by atoms with Crippen molar-refractivity contribution in [2.75, 3.05) is 13.7 Å². The maximum atomic E-state index is 11.0. The first-order valence-electron chi connectivity index (χ1n) is 5.36. The summed E-state index contributed by atoms with van der Waals surface area (Å²) in [7, 11) is 1.54. The number of likely N-dealkylation sites (N-methyl/N-ethyl adjacent to an activating group) is 1. The second-order valence-corrected chi connectivity index (χ2v) is 3.43. The van der Waals surface area contributed by atoms with Crippen LogP contribution < -0.4 is 10.1 Å². The molecule has 2 rings (SSSR count). The van der Waals surface area contributed by atoms with Crippen LogP contribution in [0.3, 0.4) is 0 Å². The van der Waals surface area contributed by atoms with Gasteiger partial charge in [-0.15, -0.1) is 0 Å². The van der Waals surface area contributed by atoms with Crippen molar-refractivity contribution in [2.24, 2.45) is 0 Å². The van der Waals surface area contributed by atoms with Crippen molar-refractivity contribution in [3.05, 3.63) is 36.8 Å². The third-order valence-corrected chi connectivity index (χ3v) is 2.20. The lowest BCUT2D eigenvalue weighted by Gasteiger charge is -2.03. The summed E-state index contributed by atoms with van der Waals surface area (Å²) in [5.74, 6) is -0.229. The molecule has 0 unspecified atom stereocenters. The minimum Gasteiger partial charge on any atom is -0.453 e. The van der Waals surface area contributed by atoms with Crippen molar-refractivity contribution in [1.29, 1.82) is 0 Å². The maximum Gasteiger partial charge on any atom is 0.316 e. The quantitative estimate of drug-likeness (QED) is 0.855. The molecule has 0 bridgehead atoms. The number of nitrogens with one attached hydrogen (secondary N) is 1. The van der Waals surface area contributed by atoms with Gasteiger partial charge >= 0.3 is 6.01 Å². The molecule has 0 atom stereocenters. The van der Waals surface area contributed by atoms with Crippen LogP contribution in [0.2, 0.25) is 0 Å². The molecule has 0 saturated heterocycles. The van der Waals surface area contributed by atoms with Gasteiger partial charge in [0.2, 0.25) is 0 Å². The molecular weight excluding hydrogens is 232 g/mol. The zero-order chi connectivity index (χ0) is 12.8. The van der Waals surface area contributed by atoms with Crippen molar-refractivity contribution < 1.29 is 9.53 Å². The van der Waals surface area contributed by atoms with Crippen LogP contribution in [0.4, 0.5) is 0 Å². The predicted octanol–water partition coefficient (Wildman–Crippen LogP) is 0.663. The molecule has 18 heavy (non-hydrogen) atoms. The first kappa shape index (κ1) is 12.0. The van der Waals surface area contributed by atoms with Gasteiger partial charge in [0.15, 0.2) is 6.61 Å². The van der Waals surface area contributed by atoms with Gasteiger partial charge in [0, 0.05) is 31.2 Å². The molecule has 1 amide bonds. The molecule has 92 valence electrons. The number of carbonyl (C=O) groups is 1. The molecule has 0 radical (unpaired) electrons. The minimum absolute atomic E-state index is 0.0978. The highest BCUT2D eigenvalue weighted by molar-refractivity contribution is 5.77. The van der Waals surface area contributed by atoms with Gasteiger partial charge in [0.1, 0.15) is 0 Å². The van der Waals surface area contributed by atoms with E-state index in [0.717, 1.165) is 11.3 Å². The molecule has 0 aromatic carbocycles. The number of hydrogen-bond donors (Lipinski definition) is 1. The SMILES string of the molecule is CNC(=O)COc1ncc(-c2ccccn2)cn1. The van der Waals surface area contributed by atoms with Crippen LogP contribution >= 0.6 is 0 Å². The number of carbonyl (C=O) groups excluding carboxylic acids is 1. The summed E-state index contributed by atoms with van der Waals surface area (Å²) < 4.78 is 5.09.